The minimum Gasteiger partial charge on any atom is -0.488 e. The lowest BCUT2D eigenvalue weighted by molar-refractivity contribution is -0.177. The molecule has 2 saturated heterocycles. The number of pyridine rings is 2. The second kappa shape index (κ2) is 10.1. The number of likely N-dealkylation sites (N-methyl/N-ethyl adjacent to an activating group) is 1. The monoisotopic (exact) mass is 538 g/mol. The molecule has 3 aliphatic heterocycles. The number of halogens is 2. The van der Waals surface area contributed by atoms with Gasteiger partial charge in [-0.2, -0.15) is 0 Å². The molecule has 0 aliphatic carbocycles. The minimum atomic E-state index is -0.408. The third kappa shape index (κ3) is 5.04. The zero-order valence-electron chi connectivity index (χ0n) is 21.0. The summed E-state index contributed by atoms with van der Waals surface area (Å²) in [5.74, 6) is 0.522. The highest BCUT2D eigenvalue weighted by atomic mass is 35.5. The predicted molar refractivity (Wildman–Crippen MR) is 143 cm³/mol. The van der Waals surface area contributed by atoms with Gasteiger partial charge in [0.15, 0.2) is 5.75 Å². The molecule has 198 valence electrons. The number of amides is 1. The normalized spacial score (nSPS) is 19.0. The van der Waals surface area contributed by atoms with Gasteiger partial charge in [0, 0.05) is 54.7 Å². The largest absolute Gasteiger partial charge is 0.488 e. The number of ether oxygens (including phenoxy) is 2. The van der Waals surface area contributed by atoms with Crippen LogP contribution in [0, 0.1) is 5.82 Å². The third-order valence-electron chi connectivity index (χ3n) is 7.05. The van der Waals surface area contributed by atoms with Crippen LogP contribution >= 0.6 is 11.6 Å². The SMILES string of the molecule is CN1CC2(C1)CN(CC(=O)Nc1cc(N3CCOc4cnc(-c5cc(Cl)ccc5F)cc43)ccn1)CCO2. The molecule has 3 aromatic rings. The van der Waals surface area contributed by atoms with E-state index in [1.54, 1.807) is 24.5 Å². The summed E-state index contributed by atoms with van der Waals surface area (Å²) in [6.45, 7) is 5.16. The molecule has 3 aliphatic rings. The molecule has 0 saturated carbocycles. The summed E-state index contributed by atoms with van der Waals surface area (Å²) >= 11 is 6.10. The zero-order valence-corrected chi connectivity index (χ0v) is 21.7. The first-order valence-corrected chi connectivity index (χ1v) is 12.9. The molecule has 0 atom stereocenters. The molecule has 6 rings (SSSR count). The molecule has 0 bridgehead atoms. The van der Waals surface area contributed by atoms with Crippen LogP contribution in [-0.2, 0) is 9.53 Å². The lowest BCUT2D eigenvalue weighted by Crippen LogP contribution is -2.69. The number of fused-ring (bicyclic) bond motifs is 1. The van der Waals surface area contributed by atoms with Crippen LogP contribution in [0.25, 0.3) is 11.3 Å². The third-order valence-corrected chi connectivity index (χ3v) is 7.28. The molecule has 5 heterocycles. The quantitative estimate of drug-likeness (QED) is 0.529. The van der Waals surface area contributed by atoms with Crippen molar-refractivity contribution in [1.29, 1.82) is 0 Å². The highest BCUT2D eigenvalue weighted by Crippen LogP contribution is 2.39. The number of benzene rings is 1. The van der Waals surface area contributed by atoms with Crippen molar-refractivity contribution in [2.75, 3.05) is 69.7 Å². The maximum Gasteiger partial charge on any atom is 0.239 e. The van der Waals surface area contributed by atoms with Gasteiger partial charge in [-0.3, -0.25) is 14.7 Å². The van der Waals surface area contributed by atoms with Gasteiger partial charge >= 0.3 is 0 Å². The Kier molecular flexibility index (Phi) is 6.65. The lowest BCUT2D eigenvalue weighted by atomic mass is 9.92. The molecule has 1 amide bonds. The summed E-state index contributed by atoms with van der Waals surface area (Å²) in [7, 11) is 2.07. The maximum absolute atomic E-state index is 14.5. The highest BCUT2D eigenvalue weighted by Gasteiger charge is 2.45. The van der Waals surface area contributed by atoms with Crippen molar-refractivity contribution in [3.8, 4) is 17.0 Å². The minimum absolute atomic E-state index is 0.121. The number of likely N-dealkylation sites (tertiary alicyclic amines) is 1. The molecule has 0 radical (unpaired) electrons. The molecule has 9 nitrogen and oxygen atoms in total. The van der Waals surface area contributed by atoms with E-state index >= 15 is 0 Å². The number of nitrogens with zero attached hydrogens (tertiary/aromatic N) is 5. The Morgan fingerprint density at radius 2 is 2.00 bits per heavy atom. The summed E-state index contributed by atoms with van der Waals surface area (Å²) in [4.78, 5) is 28.0. The molecule has 0 unspecified atom stereocenters. The average Bonchev–Trinajstić information content (AvgIpc) is 2.89. The second-order valence-electron chi connectivity index (χ2n) is 10.0. The van der Waals surface area contributed by atoms with Crippen LogP contribution < -0.4 is 15.0 Å². The Morgan fingerprint density at radius 1 is 1.13 bits per heavy atom. The van der Waals surface area contributed by atoms with Gasteiger partial charge in [-0.05, 0) is 37.4 Å². The first kappa shape index (κ1) is 25.0. The van der Waals surface area contributed by atoms with Crippen LogP contribution in [0.3, 0.4) is 0 Å². The number of nitrogens with one attached hydrogen (secondary N) is 1. The van der Waals surface area contributed by atoms with E-state index in [0.717, 1.165) is 37.6 Å². The van der Waals surface area contributed by atoms with Crippen molar-refractivity contribution in [1.82, 2.24) is 19.8 Å². The van der Waals surface area contributed by atoms with Crippen molar-refractivity contribution < 1.29 is 18.7 Å². The van der Waals surface area contributed by atoms with Gasteiger partial charge in [0.2, 0.25) is 5.91 Å². The first-order valence-electron chi connectivity index (χ1n) is 12.5. The van der Waals surface area contributed by atoms with Crippen LogP contribution in [0.4, 0.5) is 21.6 Å². The number of aromatic nitrogens is 2. The number of carbonyl (C=O) groups is 1. The maximum atomic E-state index is 14.5. The molecular formula is C27H28ClFN6O3. The van der Waals surface area contributed by atoms with E-state index in [0.29, 0.717) is 47.6 Å². The number of hydrogen-bond donors (Lipinski definition) is 1. The van der Waals surface area contributed by atoms with Gasteiger partial charge in [-0.25, -0.2) is 9.37 Å². The number of hydrogen-bond acceptors (Lipinski definition) is 8. The highest BCUT2D eigenvalue weighted by molar-refractivity contribution is 6.30. The van der Waals surface area contributed by atoms with Crippen LogP contribution in [-0.4, -0.2) is 90.8 Å². The van der Waals surface area contributed by atoms with Gasteiger partial charge in [0.1, 0.15) is 23.8 Å². The van der Waals surface area contributed by atoms with E-state index in [2.05, 4.69) is 32.1 Å². The van der Waals surface area contributed by atoms with Crippen LogP contribution in [0.2, 0.25) is 5.02 Å². The first-order chi connectivity index (χ1) is 18.4. The van der Waals surface area contributed by atoms with Gasteiger partial charge in [0.25, 0.3) is 0 Å². The predicted octanol–water partition coefficient (Wildman–Crippen LogP) is 3.42. The Bertz CT molecular complexity index is 1360. The van der Waals surface area contributed by atoms with Crippen molar-refractivity contribution in [2.24, 2.45) is 0 Å². The standard InChI is InChI=1S/C27H28ClFN6O3/c1-33-15-27(16-33)17-34(6-9-38-27)14-26(36)32-25-11-19(4-5-30-25)35-7-8-37-24-13-31-22(12-23(24)35)20-10-18(28)2-3-21(20)29/h2-5,10-13H,6-9,14-17H2,1H3,(H,30,32,36). The molecule has 11 heteroatoms. The number of morpholine rings is 1. The van der Waals surface area contributed by atoms with E-state index in [4.69, 9.17) is 21.1 Å². The van der Waals surface area contributed by atoms with Crippen LogP contribution in [0.15, 0.2) is 48.8 Å². The lowest BCUT2D eigenvalue weighted by Gasteiger charge is -2.52. The second-order valence-corrected chi connectivity index (χ2v) is 10.5. The van der Waals surface area contributed by atoms with E-state index in [1.165, 1.54) is 12.1 Å². The molecule has 1 N–H and O–H groups in total. The van der Waals surface area contributed by atoms with Gasteiger partial charge in [0.05, 0.1) is 37.3 Å². The fourth-order valence-electron chi connectivity index (χ4n) is 5.46. The summed E-state index contributed by atoms with van der Waals surface area (Å²) < 4.78 is 26.3. The van der Waals surface area contributed by atoms with Crippen LogP contribution in [0.1, 0.15) is 0 Å². The molecule has 1 spiro atoms. The number of carbonyl (C=O) groups excluding carboxylic acids is 1. The summed E-state index contributed by atoms with van der Waals surface area (Å²) in [5, 5.41) is 3.36. The average molecular weight is 539 g/mol. The topological polar surface area (TPSA) is 83.1 Å². The fraction of sp³-hybridized carbons (Fsp3) is 0.370. The summed E-state index contributed by atoms with van der Waals surface area (Å²) in [6.07, 6.45) is 3.25. The fourth-order valence-corrected chi connectivity index (χ4v) is 5.63. The van der Waals surface area contributed by atoms with Crippen LogP contribution in [0.5, 0.6) is 5.75 Å². The molecule has 2 fully saturated rings. The van der Waals surface area contributed by atoms with Crippen molar-refractivity contribution >= 4 is 34.7 Å². The summed E-state index contributed by atoms with van der Waals surface area (Å²) in [6, 6.07) is 9.86. The smallest absolute Gasteiger partial charge is 0.239 e. The molecular weight excluding hydrogens is 511 g/mol. The molecule has 38 heavy (non-hydrogen) atoms. The Labute approximate surface area is 225 Å². The Balaban J connectivity index is 1.18. The van der Waals surface area contributed by atoms with Gasteiger partial charge in [-0.1, -0.05) is 11.6 Å². The Hall–Kier alpha value is -3.31. The molecule has 1 aromatic carbocycles. The summed E-state index contributed by atoms with van der Waals surface area (Å²) in [5.41, 5.74) is 2.17. The van der Waals surface area contributed by atoms with E-state index in [9.17, 15) is 9.18 Å². The Morgan fingerprint density at radius 3 is 2.84 bits per heavy atom. The van der Waals surface area contributed by atoms with E-state index in [1.807, 2.05) is 17.0 Å². The van der Waals surface area contributed by atoms with Gasteiger partial charge in [-0.15, -0.1) is 0 Å². The molecule has 2 aromatic heterocycles. The van der Waals surface area contributed by atoms with Gasteiger partial charge < -0.3 is 24.6 Å². The number of anilines is 3. The zero-order chi connectivity index (χ0) is 26.3. The van der Waals surface area contributed by atoms with E-state index < -0.39 is 5.82 Å². The van der Waals surface area contributed by atoms with Crippen molar-refractivity contribution in [2.45, 2.75) is 5.60 Å². The van der Waals surface area contributed by atoms with Crippen molar-refractivity contribution in [3.63, 3.8) is 0 Å². The number of rotatable bonds is 5. The van der Waals surface area contributed by atoms with E-state index in [-0.39, 0.29) is 18.1 Å². The van der Waals surface area contributed by atoms with Crippen molar-refractivity contribution in [3.05, 3.63) is 59.6 Å².